The molecule has 0 saturated heterocycles. The third-order valence-electron chi connectivity index (χ3n) is 3.95. The molecule has 100 valence electrons. The lowest BCUT2D eigenvalue weighted by Crippen LogP contribution is -2.24. The van der Waals surface area contributed by atoms with Crippen LogP contribution in [0, 0.1) is 11.8 Å². The highest BCUT2D eigenvalue weighted by Crippen LogP contribution is 2.31. The maximum atomic E-state index is 5.99. The van der Waals surface area contributed by atoms with Gasteiger partial charge in [0.1, 0.15) is 0 Å². The molecule has 1 aliphatic rings. The second kappa shape index (κ2) is 6.67. The van der Waals surface area contributed by atoms with Gasteiger partial charge in [-0.3, -0.25) is 4.98 Å². The largest absolute Gasteiger partial charge is 0.372 e. The summed E-state index contributed by atoms with van der Waals surface area (Å²) < 4.78 is 7.03. The van der Waals surface area contributed by atoms with Crippen LogP contribution in [0.15, 0.2) is 22.8 Å². The van der Waals surface area contributed by atoms with Gasteiger partial charge in [-0.25, -0.2) is 0 Å². The highest BCUT2D eigenvalue weighted by atomic mass is 79.9. The van der Waals surface area contributed by atoms with Crippen molar-refractivity contribution in [3.63, 3.8) is 0 Å². The Bertz CT molecular complexity index is 373. The number of pyridine rings is 1. The molecule has 0 bridgehead atoms. The van der Waals surface area contributed by atoms with Crippen molar-refractivity contribution in [2.45, 2.75) is 52.2 Å². The van der Waals surface area contributed by atoms with Crippen LogP contribution >= 0.6 is 15.9 Å². The summed E-state index contributed by atoms with van der Waals surface area (Å²) in [6.45, 7) is 5.28. The van der Waals surface area contributed by atoms with Gasteiger partial charge in [0.15, 0.2) is 0 Å². The van der Waals surface area contributed by atoms with Crippen molar-refractivity contribution in [3.05, 3.63) is 28.5 Å². The Labute approximate surface area is 118 Å². The summed E-state index contributed by atoms with van der Waals surface area (Å²) in [6, 6.07) is 3.95. The minimum absolute atomic E-state index is 0.425. The summed E-state index contributed by atoms with van der Waals surface area (Å²) >= 11 is 3.51. The summed E-state index contributed by atoms with van der Waals surface area (Å²) in [4.78, 5) is 4.33. The van der Waals surface area contributed by atoms with E-state index in [4.69, 9.17) is 4.74 Å². The first kappa shape index (κ1) is 14.0. The Hall–Kier alpha value is -0.410. The average molecular weight is 312 g/mol. The molecule has 3 heteroatoms. The molecule has 0 radical (unpaired) electrons. The first-order valence-corrected chi connectivity index (χ1v) is 7.67. The highest BCUT2D eigenvalue weighted by Gasteiger charge is 2.23. The molecular formula is C15H22BrNO. The van der Waals surface area contributed by atoms with E-state index >= 15 is 0 Å². The van der Waals surface area contributed by atoms with E-state index in [0.717, 1.165) is 22.0 Å². The third-order valence-corrected chi connectivity index (χ3v) is 4.67. The number of hydrogen-bond donors (Lipinski definition) is 0. The smallest absolute Gasteiger partial charge is 0.0903 e. The average Bonchev–Trinajstić information content (AvgIpc) is 2.38. The molecule has 0 aromatic carbocycles. The molecule has 0 N–H and O–H groups in total. The van der Waals surface area contributed by atoms with Gasteiger partial charge in [-0.1, -0.05) is 13.8 Å². The fourth-order valence-electron chi connectivity index (χ4n) is 2.64. The maximum Gasteiger partial charge on any atom is 0.0903 e. The molecule has 0 amide bonds. The van der Waals surface area contributed by atoms with Crippen LogP contribution in [0.5, 0.6) is 0 Å². The second-order valence-corrected chi connectivity index (χ2v) is 6.38. The van der Waals surface area contributed by atoms with Crippen LogP contribution in [0.3, 0.4) is 0 Å². The minimum Gasteiger partial charge on any atom is -0.372 e. The maximum absolute atomic E-state index is 5.99. The predicted molar refractivity (Wildman–Crippen MR) is 77.3 cm³/mol. The van der Waals surface area contributed by atoms with Crippen LogP contribution in [0.4, 0.5) is 0 Å². The van der Waals surface area contributed by atoms with Gasteiger partial charge in [0, 0.05) is 10.7 Å². The molecule has 1 heterocycles. The van der Waals surface area contributed by atoms with Crippen molar-refractivity contribution in [3.8, 4) is 0 Å². The number of rotatable bonds is 4. The van der Waals surface area contributed by atoms with Gasteiger partial charge < -0.3 is 4.74 Å². The van der Waals surface area contributed by atoms with Crippen LogP contribution in [0.2, 0.25) is 0 Å². The van der Waals surface area contributed by atoms with Gasteiger partial charge in [0.2, 0.25) is 0 Å². The monoisotopic (exact) mass is 311 g/mol. The number of halogens is 1. The quantitative estimate of drug-likeness (QED) is 0.812. The Balaban J connectivity index is 1.77. The Morgan fingerprint density at radius 2 is 2.06 bits per heavy atom. The van der Waals surface area contributed by atoms with Crippen molar-refractivity contribution in [2.24, 2.45) is 11.8 Å². The van der Waals surface area contributed by atoms with Crippen LogP contribution in [0.25, 0.3) is 0 Å². The van der Waals surface area contributed by atoms with E-state index < -0.39 is 0 Å². The molecule has 1 aromatic heterocycles. The van der Waals surface area contributed by atoms with E-state index in [1.54, 1.807) is 0 Å². The summed E-state index contributed by atoms with van der Waals surface area (Å²) in [5.74, 6) is 1.71. The summed E-state index contributed by atoms with van der Waals surface area (Å²) in [5, 5.41) is 0. The lowest BCUT2D eigenvalue weighted by atomic mass is 9.80. The minimum atomic E-state index is 0.425. The van der Waals surface area contributed by atoms with Crippen LogP contribution in [-0.2, 0) is 11.3 Å². The van der Waals surface area contributed by atoms with Gasteiger partial charge >= 0.3 is 0 Å². The van der Waals surface area contributed by atoms with Crippen molar-refractivity contribution in [2.75, 3.05) is 0 Å². The number of ether oxygens (including phenoxy) is 1. The lowest BCUT2D eigenvalue weighted by molar-refractivity contribution is 0.000927. The fraction of sp³-hybridized carbons (Fsp3) is 0.667. The molecule has 1 aliphatic carbocycles. The molecule has 18 heavy (non-hydrogen) atoms. The molecule has 2 rings (SSSR count). The van der Waals surface area contributed by atoms with E-state index in [1.165, 1.54) is 25.7 Å². The predicted octanol–water partition coefficient (Wildman–Crippen LogP) is 4.58. The molecule has 2 nitrogen and oxygen atoms in total. The first-order chi connectivity index (χ1) is 8.66. The van der Waals surface area contributed by atoms with E-state index in [2.05, 4.69) is 34.8 Å². The topological polar surface area (TPSA) is 22.1 Å². The Morgan fingerprint density at radius 3 is 2.67 bits per heavy atom. The van der Waals surface area contributed by atoms with Crippen LogP contribution < -0.4 is 0 Å². The zero-order valence-electron chi connectivity index (χ0n) is 11.2. The van der Waals surface area contributed by atoms with Crippen molar-refractivity contribution in [1.82, 2.24) is 4.98 Å². The van der Waals surface area contributed by atoms with E-state index in [0.29, 0.717) is 12.7 Å². The number of nitrogens with zero attached hydrogens (tertiary/aromatic N) is 1. The molecule has 1 fully saturated rings. The summed E-state index contributed by atoms with van der Waals surface area (Å²) in [5.41, 5.74) is 1.00. The van der Waals surface area contributed by atoms with Crippen molar-refractivity contribution in [1.29, 1.82) is 0 Å². The van der Waals surface area contributed by atoms with Gasteiger partial charge in [0.05, 0.1) is 18.4 Å². The number of hydrogen-bond acceptors (Lipinski definition) is 2. The summed E-state index contributed by atoms with van der Waals surface area (Å²) in [6.07, 6.45) is 7.27. The Morgan fingerprint density at radius 1 is 1.33 bits per heavy atom. The summed E-state index contributed by atoms with van der Waals surface area (Å²) in [7, 11) is 0. The molecule has 0 aliphatic heterocycles. The number of aromatic nitrogens is 1. The second-order valence-electron chi connectivity index (χ2n) is 5.52. The Kier molecular flexibility index (Phi) is 5.19. The van der Waals surface area contributed by atoms with Gasteiger partial charge in [0.25, 0.3) is 0 Å². The van der Waals surface area contributed by atoms with Crippen LogP contribution in [-0.4, -0.2) is 11.1 Å². The molecule has 0 unspecified atom stereocenters. The zero-order chi connectivity index (χ0) is 13.0. The van der Waals surface area contributed by atoms with E-state index in [1.807, 2.05) is 18.3 Å². The van der Waals surface area contributed by atoms with E-state index in [9.17, 15) is 0 Å². The third kappa shape index (κ3) is 3.79. The SMILES string of the molecule is CC(C)[C@H]1CC[C@@H](OCc2ncccc2Br)CC1. The fourth-order valence-corrected chi connectivity index (χ4v) is 3.01. The van der Waals surface area contributed by atoms with Gasteiger partial charge in [-0.05, 0) is 65.6 Å². The molecular weight excluding hydrogens is 290 g/mol. The molecule has 1 saturated carbocycles. The van der Waals surface area contributed by atoms with E-state index in [-0.39, 0.29) is 0 Å². The normalized spacial score (nSPS) is 24.4. The first-order valence-electron chi connectivity index (χ1n) is 6.88. The molecule has 1 aromatic rings. The zero-order valence-corrected chi connectivity index (χ0v) is 12.8. The van der Waals surface area contributed by atoms with Crippen molar-refractivity contribution < 1.29 is 4.74 Å². The standard InChI is InChI=1S/C15H22BrNO/c1-11(2)12-5-7-13(8-6-12)18-10-15-14(16)4-3-9-17-15/h3-4,9,11-13H,5-8,10H2,1-2H3/t12-,13+. The lowest BCUT2D eigenvalue weighted by Gasteiger charge is -2.30. The molecule has 0 spiro atoms. The highest BCUT2D eigenvalue weighted by molar-refractivity contribution is 9.10. The van der Waals surface area contributed by atoms with Gasteiger partial charge in [-0.2, -0.15) is 0 Å². The molecule has 0 atom stereocenters. The van der Waals surface area contributed by atoms with Gasteiger partial charge in [-0.15, -0.1) is 0 Å². The van der Waals surface area contributed by atoms with Crippen molar-refractivity contribution >= 4 is 15.9 Å². The van der Waals surface area contributed by atoms with Crippen LogP contribution in [0.1, 0.15) is 45.2 Å².